The van der Waals surface area contributed by atoms with Crippen molar-refractivity contribution in [3.63, 3.8) is 0 Å². The third-order valence-electron chi connectivity index (χ3n) is 3.23. The maximum absolute atomic E-state index is 12.2. The van der Waals surface area contributed by atoms with Gasteiger partial charge in [-0.15, -0.1) is 0 Å². The van der Waals surface area contributed by atoms with Gasteiger partial charge in [-0.3, -0.25) is 0 Å². The highest BCUT2D eigenvalue weighted by molar-refractivity contribution is 5.88. The predicted octanol–water partition coefficient (Wildman–Crippen LogP) is 1.77. The number of carboxylic acid groups (broad SMARTS) is 1. The lowest BCUT2D eigenvalue weighted by atomic mass is 9.95. The summed E-state index contributed by atoms with van der Waals surface area (Å²) in [5, 5.41) is 27.7. The molecule has 0 fully saturated rings. The molecule has 1 N–H and O–H groups in total. The molecule has 0 saturated carbocycles. The average molecular weight is 340 g/mol. The van der Waals surface area contributed by atoms with Crippen molar-refractivity contribution in [1.29, 1.82) is 10.5 Å². The average Bonchev–Trinajstić information content (AvgIpc) is 2.61. The minimum absolute atomic E-state index is 0.00143. The fourth-order valence-corrected chi connectivity index (χ4v) is 2.17. The van der Waals surface area contributed by atoms with Crippen LogP contribution in [0.15, 0.2) is 33.5 Å². The van der Waals surface area contributed by atoms with Gasteiger partial charge in [0.05, 0.1) is 29.9 Å². The summed E-state index contributed by atoms with van der Waals surface area (Å²) in [6.07, 6.45) is 0. The molecule has 0 atom stereocenters. The SMILES string of the molecule is COCCOc1c(-c2c(C#N)cccc2C#N)cc(C(=O)O)oc1=O. The Morgan fingerprint density at radius 1 is 1.24 bits per heavy atom. The van der Waals surface area contributed by atoms with E-state index in [2.05, 4.69) is 0 Å². The Bertz CT molecular complexity index is 917. The third-order valence-corrected chi connectivity index (χ3v) is 3.23. The first-order valence-electron chi connectivity index (χ1n) is 7.00. The summed E-state index contributed by atoms with van der Waals surface area (Å²) in [5.41, 5.74) is -0.730. The van der Waals surface area contributed by atoms with Gasteiger partial charge in [0.25, 0.3) is 0 Å². The monoisotopic (exact) mass is 340 g/mol. The highest BCUT2D eigenvalue weighted by Crippen LogP contribution is 2.33. The van der Waals surface area contributed by atoms with E-state index in [0.29, 0.717) is 0 Å². The summed E-state index contributed by atoms with van der Waals surface area (Å²) in [4.78, 5) is 23.4. The lowest BCUT2D eigenvalue weighted by Crippen LogP contribution is -2.15. The van der Waals surface area contributed by atoms with Crippen LogP contribution in [0.1, 0.15) is 21.7 Å². The van der Waals surface area contributed by atoms with Gasteiger partial charge in [-0.1, -0.05) is 6.07 Å². The highest BCUT2D eigenvalue weighted by Gasteiger charge is 2.22. The first-order chi connectivity index (χ1) is 12.0. The minimum atomic E-state index is -1.46. The Balaban J connectivity index is 2.79. The number of hydrogen-bond donors (Lipinski definition) is 1. The second-order valence-electron chi connectivity index (χ2n) is 4.74. The van der Waals surface area contributed by atoms with E-state index in [-0.39, 0.29) is 41.2 Å². The van der Waals surface area contributed by atoms with Crippen LogP contribution in [-0.2, 0) is 4.74 Å². The van der Waals surface area contributed by atoms with Crippen LogP contribution in [0.3, 0.4) is 0 Å². The van der Waals surface area contributed by atoms with Gasteiger partial charge < -0.3 is 19.0 Å². The van der Waals surface area contributed by atoms with Crippen molar-refractivity contribution < 1.29 is 23.8 Å². The van der Waals surface area contributed by atoms with Crippen LogP contribution < -0.4 is 10.4 Å². The number of rotatable bonds is 6. The Hall–Kier alpha value is -3.62. The molecule has 1 aromatic carbocycles. The van der Waals surface area contributed by atoms with E-state index in [1.807, 2.05) is 12.1 Å². The number of ether oxygens (including phenoxy) is 2. The Morgan fingerprint density at radius 3 is 2.40 bits per heavy atom. The molecule has 0 amide bonds. The van der Waals surface area contributed by atoms with Gasteiger partial charge >= 0.3 is 11.6 Å². The quantitative estimate of drug-likeness (QED) is 0.786. The van der Waals surface area contributed by atoms with Gasteiger partial charge in [0.1, 0.15) is 6.61 Å². The summed E-state index contributed by atoms with van der Waals surface area (Å²) in [6, 6.07) is 9.31. The summed E-state index contributed by atoms with van der Waals surface area (Å²) >= 11 is 0. The summed E-state index contributed by atoms with van der Waals surface area (Å²) in [7, 11) is 1.44. The van der Waals surface area contributed by atoms with E-state index in [4.69, 9.17) is 19.0 Å². The zero-order valence-corrected chi connectivity index (χ0v) is 13.1. The van der Waals surface area contributed by atoms with Crippen LogP contribution in [0.2, 0.25) is 0 Å². The van der Waals surface area contributed by atoms with Crippen LogP contribution in [0.25, 0.3) is 11.1 Å². The van der Waals surface area contributed by atoms with Crippen molar-refractivity contribution in [2.75, 3.05) is 20.3 Å². The van der Waals surface area contributed by atoms with Gasteiger partial charge in [0.2, 0.25) is 11.5 Å². The Kier molecular flexibility index (Phi) is 5.51. The molecule has 0 radical (unpaired) electrons. The number of nitrogens with zero attached hydrogens (tertiary/aromatic N) is 2. The largest absolute Gasteiger partial charge is 0.484 e. The fourth-order valence-electron chi connectivity index (χ4n) is 2.17. The Labute approximate surface area is 142 Å². The topological polar surface area (TPSA) is 134 Å². The molecular formula is C17H12N2O6. The van der Waals surface area contributed by atoms with Gasteiger partial charge in [0, 0.05) is 24.3 Å². The molecule has 2 aromatic rings. The van der Waals surface area contributed by atoms with Crippen molar-refractivity contribution >= 4 is 5.97 Å². The summed E-state index contributed by atoms with van der Waals surface area (Å²) in [6.45, 7) is 0.169. The van der Waals surface area contributed by atoms with Crippen LogP contribution in [0.4, 0.5) is 0 Å². The molecule has 0 aliphatic rings. The minimum Gasteiger partial charge on any atom is -0.484 e. The van der Waals surface area contributed by atoms with Crippen molar-refractivity contribution in [3.05, 3.63) is 51.6 Å². The second-order valence-corrected chi connectivity index (χ2v) is 4.74. The number of nitriles is 2. The number of aromatic carboxylic acids is 1. The summed E-state index contributed by atoms with van der Waals surface area (Å²) in [5.74, 6) is -2.38. The molecule has 25 heavy (non-hydrogen) atoms. The van der Waals surface area contributed by atoms with Crippen molar-refractivity contribution in [2.24, 2.45) is 0 Å². The maximum Gasteiger partial charge on any atom is 0.379 e. The van der Waals surface area contributed by atoms with Crippen molar-refractivity contribution in [2.45, 2.75) is 0 Å². The van der Waals surface area contributed by atoms with Gasteiger partial charge in [-0.05, 0) is 12.1 Å². The van der Waals surface area contributed by atoms with Crippen molar-refractivity contribution in [3.8, 4) is 29.0 Å². The van der Waals surface area contributed by atoms with Crippen LogP contribution in [0.5, 0.6) is 5.75 Å². The first-order valence-corrected chi connectivity index (χ1v) is 7.00. The first kappa shape index (κ1) is 17.7. The molecule has 0 aliphatic heterocycles. The molecule has 8 nitrogen and oxygen atoms in total. The van der Waals surface area contributed by atoms with Gasteiger partial charge in [-0.25, -0.2) is 9.59 Å². The number of carbonyl (C=O) groups is 1. The molecule has 0 saturated heterocycles. The molecule has 1 heterocycles. The molecule has 8 heteroatoms. The van der Waals surface area contributed by atoms with E-state index < -0.39 is 17.4 Å². The van der Waals surface area contributed by atoms with E-state index in [0.717, 1.165) is 6.07 Å². The van der Waals surface area contributed by atoms with Crippen LogP contribution >= 0.6 is 0 Å². The molecule has 1 aromatic heterocycles. The number of benzene rings is 1. The van der Waals surface area contributed by atoms with Gasteiger partial charge in [0.15, 0.2) is 0 Å². The normalized spacial score (nSPS) is 9.88. The number of methoxy groups -OCH3 is 1. The smallest absolute Gasteiger partial charge is 0.379 e. The van der Waals surface area contributed by atoms with E-state index in [1.165, 1.54) is 25.3 Å². The predicted molar refractivity (Wildman–Crippen MR) is 84.2 cm³/mol. The summed E-state index contributed by atoms with van der Waals surface area (Å²) < 4.78 is 14.9. The standard InChI is InChI=1S/C17H12N2O6/c1-23-5-6-24-15-12(7-13(16(20)21)25-17(15)22)14-10(8-18)3-2-4-11(14)9-19/h2-4,7H,5-6H2,1H3,(H,20,21). The molecule has 0 unspecified atom stereocenters. The van der Waals surface area contributed by atoms with Crippen LogP contribution in [-0.4, -0.2) is 31.4 Å². The maximum atomic E-state index is 12.2. The lowest BCUT2D eigenvalue weighted by Gasteiger charge is -2.12. The highest BCUT2D eigenvalue weighted by atomic mass is 16.5. The Morgan fingerprint density at radius 2 is 1.88 bits per heavy atom. The van der Waals surface area contributed by atoms with E-state index >= 15 is 0 Å². The molecule has 0 bridgehead atoms. The molecule has 0 aliphatic carbocycles. The zero-order chi connectivity index (χ0) is 18.4. The van der Waals surface area contributed by atoms with Gasteiger partial charge in [-0.2, -0.15) is 10.5 Å². The lowest BCUT2D eigenvalue weighted by molar-refractivity contribution is 0.0655. The fraction of sp³-hybridized carbons (Fsp3) is 0.176. The molecular weight excluding hydrogens is 328 g/mol. The molecule has 126 valence electrons. The number of hydrogen-bond acceptors (Lipinski definition) is 7. The molecule has 0 spiro atoms. The zero-order valence-electron chi connectivity index (χ0n) is 13.1. The van der Waals surface area contributed by atoms with E-state index in [1.54, 1.807) is 0 Å². The number of carboxylic acids is 1. The second kappa shape index (κ2) is 7.77. The van der Waals surface area contributed by atoms with E-state index in [9.17, 15) is 20.1 Å². The van der Waals surface area contributed by atoms with Crippen molar-refractivity contribution in [1.82, 2.24) is 0 Å². The third kappa shape index (κ3) is 3.66. The molecule has 2 rings (SSSR count). The van der Waals surface area contributed by atoms with Crippen LogP contribution in [0, 0.1) is 22.7 Å².